The molecule has 4 nitrogen and oxygen atoms in total. The van der Waals surface area contributed by atoms with E-state index in [1.807, 2.05) is 43.5 Å². The molecule has 0 fully saturated rings. The third-order valence-corrected chi connectivity index (χ3v) is 4.92. The minimum atomic E-state index is -0.303. The maximum absolute atomic E-state index is 12.1. The van der Waals surface area contributed by atoms with E-state index >= 15 is 0 Å². The minimum absolute atomic E-state index is 0.152. The van der Waals surface area contributed by atoms with Crippen molar-refractivity contribution in [2.45, 2.75) is 18.2 Å². The van der Waals surface area contributed by atoms with Crippen LogP contribution >= 0.6 is 23.5 Å². The zero-order valence-electron chi connectivity index (χ0n) is 10.8. The van der Waals surface area contributed by atoms with Crippen LogP contribution in [-0.4, -0.2) is 28.5 Å². The molecule has 1 aromatic carbocycles. The van der Waals surface area contributed by atoms with Crippen LogP contribution in [0, 0.1) is 0 Å². The van der Waals surface area contributed by atoms with Crippen molar-refractivity contribution < 1.29 is 9.53 Å². The second kappa shape index (κ2) is 6.86. The summed E-state index contributed by atoms with van der Waals surface area (Å²) >= 11 is 2.98. The summed E-state index contributed by atoms with van der Waals surface area (Å²) in [5, 5.41) is 3.98. The van der Waals surface area contributed by atoms with Crippen LogP contribution in [0.1, 0.15) is 18.5 Å². The molecule has 0 unspecified atom stereocenters. The highest BCUT2D eigenvalue weighted by Crippen LogP contribution is 2.34. The molecule has 0 bridgehead atoms. The predicted molar refractivity (Wildman–Crippen MR) is 81.3 cm³/mol. The first-order valence-corrected chi connectivity index (χ1v) is 8.12. The first-order valence-electron chi connectivity index (χ1n) is 6.01. The molecule has 1 heterocycles. The lowest BCUT2D eigenvalue weighted by Crippen LogP contribution is -2.38. The normalized spacial score (nSPS) is 22.3. The third-order valence-electron chi connectivity index (χ3n) is 2.68. The number of nitrogens with zero attached hydrogens (tertiary/aromatic N) is 1. The Kier molecular flexibility index (Phi) is 5.15. The lowest BCUT2D eigenvalue weighted by atomic mass is 10.0. The van der Waals surface area contributed by atoms with Gasteiger partial charge in [0, 0.05) is 0 Å². The van der Waals surface area contributed by atoms with E-state index in [-0.39, 0.29) is 17.3 Å². The number of ether oxygens (including phenoxy) is 1. The van der Waals surface area contributed by atoms with Gasteiger partial charge in [-0.1, -0.05) is 42.1 Å². The van der Waals surface area contributed by atoms with Crippen molar-refractivity contribution in [1.29, 1.82) is 0 Å². The highest BCUT2D eigenvalue weighted by Gasteiger charge is 2.35. The molecular weight excluding hydrogens is 280 g/mol. The van der Waals surface area contributed by atoms with Crippen LogP contribution in [0.3, 0.4) is 0 Å². The second-order valence-corrected chi connectivity index (χ2v) is 6.07. The fourth-order valence-corrected chi connectivity index (χ4v) is 3.49. The zero-order valence-corrected chi connectivity index (χ0v) is 12.5. The number of esters is 1. The van der Waals surface area contributed by atoms with Crippen molar-refractivity contribution in [3.8, 4) is 0 Å². The van der Waals surface area contributed by atoms with Crippen molar-refractivity contribution in [2.75, 3.05) is 12.9 Å². The van der Waals surface area contributed by atoms with Crippen LogP contribution in [0.4, 0.5) is 0 Å². The number of benzene rings is 1. The first kappa shape index (κ1) is 14.3. The number of nitrogens with one attached hydrogen (secondary N) is 1. The molecule has 0 aromatic heterocycles. The van der Waals surface area contributed by atoms with Crippen molar-refractivity contribution in [3.05, 3.63) is 35.9 Å². The van der Waals surface area contributed by atoms with Gasteiger partial charge in [0.25, 0.3) is 0 Å². The number of thioether (sulfide) groups is 2. The molecule has 102 valence electrons. The van der Waals surface area contributed by atoms with E-state index < -0.39 is 0 Å². The van der Waals surface area contributed by atoms with Crippen LogP contribution in [0.2, 0.25) is 0 Å². The van der Waals surface area contributed by atoms with Crippen molar-refractivity contribution >= 4 is 33.9 Å². The van der Waals surface area contributed by atoms with Crippen molar-refractivity contribution in [2.24, 2.45) is 5.10 Å². The van der Waals surface area contributed by atoms with Crippen molar-refractivity contribution in [3.63, 3.8) is 0 Å². The Labute approximate surface area is 121 Å². The molecule has 0 spiro atoms. The SMILES string of the molecule is CCOC(=O)[C@H]1SC(SC)=NN[C@@H]1c1ccccc1. The van der Waals surface area contributed by atoms with E-state index in [0.29, 0.717) is 6.61 Å². The predicted octanol–water partition coefficient (Wildman–Crippen LogP) is 2.63. The molecule has 0 aliphatic carbocycles. The van der Waals surface area contributed by atoms with Gasteiger partial charge in [0.2, 0.25) is 0 Å². The fraction of sp³-hybridized carbons (Fsp3) is 0.385. The maximum Gasteiger partial charge on any atom is 0.322 e. The second-order valence-electron chi connectivity index (χ2n) is 3.89. The lowest BCUT2D eigenvalue weighted by molar-refractivity contribution is -0.143. The van der Waals surface area contributed by atoms with Gasteiger partial charge in [-0.15, -0.1) is 11.8 Å². The van der Waals surface area contributed by atoms with Gasteiger partial charge >= 0.3 is 5.97 Å². The molecule has 0 radical (unpaired) electrons. The zero-order chi connectivity index (χ0) is 13.7. The Morgan fingerprint density at radius 3 is 2.84 bits per heavy atom. The van der Waals surface area contributed by atoms with Crippen LogP contribution in [-0.2, 0) is 9.53 Å². The van der Waals surface area contributed by atoms with Crippen LogP contribution < -0.4 is 5.43 Å². The molecule has 1 aliphatic heterocycles. The molecule has 1 N–H and O–H groups in total. The van der Waals surface area contributed by atoms with E-state index in [1.54, 1.807) is 0 Å². The summed E-state index contributed by atoms with van der Waals surface area (Å²) in [6, 6.07) is 9.69. The van der Waals surface area contributed by atoms with Gasteiger partial charge in [-0.2, -0.15) is 5.10 Å². The summed E-state index contributed by atoms with van der Waals surface area (Å²) in [7, 11) is 0. The van der Waals surface area contributed by atoms with E-state index in [0.717, 1.165) is 9.94 Å². The topological polar surface area (TPSA) is 50.7 Å². The Morgan fingerprint density at radius 1 is 1.47 bits per heavy atom. The summed E-state index contributed by atoms with van der Waals surface area (Å²) in [5.74, 6) is -0.199. The van der Waals surface area contributed by atoms with E-state index in [2.05, 4.69) is 10.5 Å². The van der Waals surface area contributed by atoms with Gasteiger partial charge in [0.15, 0.2) is 4.38 Å². The average molecular weight is 296 g/mol. The molecular formula is C13H16N2O2S2. The van der Waals surface area contributed by atoms with Gasteiger partial charge in [0.1, 0.15) is 5.25 Å². The number of carbonyl (C=O) groups excluding carboxylic acids is 1. The molecule has 1 aliphatic rings. The molecule has 0 saturated carbocycles. The Balaban J connectivity index is 2.24. The fourth-order valence-electron chi connectivity index (χ4n) is 1.80. The molecule has 6 heteroatoms. The Morgan fingerprint density at radius 2 is 2.21 bits per heavy atom. The summed E-state index contributed by atoms with van der Waals surface area (Å²) in [6.45, 7) is 2.21. The first-order chi connectivity index (χ1) is 9.26. The molecule has 0 amide bonds. The monoisotopic (exact) mass is 296 g/mol. The van der Waals surface area contributed by atoms with E-state index in [4.69, 9.17) is 4.74 Å². The molecule has 1 aromatic rings. The largest absolute Gasteiger partial charge is 0.465 e. The summed E-state index contributed by atoms with van der Waals surface area (Å²) in [5.41, 5.74) is 4.11. The maximum atomic E-state index is 12.1. The number of rotatable bonds is 3. The Hall–Kier alpha value is -1.14. The average Bonchev–Trinajstić information content (AvgIpc) is 2.47. The van der Waals surface area contributed by atoms with E-state index in [9.17, 15) is 4.79 Å². The van der Waals surface area contributed by atoms with E-state index in [1.165, 1.54) is 23.5 Å². The minimum Gasteiger partial charge on any atom is -0.465 e. The number of carbonyl (C=O) groups is 1. The lowest BCUT2D eigenvalue weighted by Gasteiger charge is -2.29. The third kappa shape index (κ3) is 3.45. The van der Waals surface area contributed by atoms with Gasteiger partial charge in [-0.25, -0.2) is 0 Å². The molecule has 2 atom stereocenters. The van der Waals surface area contributed by atoms with Crippen LogP contribution in [0.15, 0.2) is 35.4 Å². The standard InChI is InChI=1S/C13H16N2O2S2/c1-3-17-12(16)11-10(9-7-5-4-6-8-9)14-15-13(18-2)19-11/h4-8,10-11,14H,3H2,1-2H3/t10-,11+/m1/s1. The summed E-state index contributed by atoms with van der Waals surface area (Å²) < 4.78 is 6.01. The Bertz CT molecular complexity index is 465. The van der Waals surface area contributed by atoms with Gasteiger partial charge < -0.3 is 4.74 Å². The molecule has 2 rings (SSSR count). The summed E-state index contributed by atoms with van der Waals surface area (Å²) in [4.78, 5) is 12.1. The van der Waals surface area contributed by atoms with Gasteiger partial charge in [-0.3, -0.25) is 10.2 Å². The number of hydrogen-bond acceptors (Lipinski definition) is 6. The van der Waals surface area contributed by atoms with Crippen LogP contribution in [0.25, 0.3) is 0 Å². The quantitative estimate of drug-likeness (QED) is 0.869. The molecule has 0 saturated heterocycles. The highest BCUT2D eigenvalue weighted by atomic mass is 32.2. The smallest absolute Gasteiger partial charge is 0.322 e. The number of hydrazone groups is 1. The number of hydrogen-bond donors (Lipinski definition) is 1. The summed E-state index contributed by atoms with van der Waals surface area (Å²) in [6.07, 6.45) is 1.94. The van der Waals surface area contributed by atoms with Crippen LogP contribution in [0.5, 0.6) is 0 Å². The molecule has 19 heavy (non-hydrogen) atoms. The highest BCUT2D eigenvalue weighted by molar-refractivity contribution is 8.39. The van der Waals surface area contributed by atoms with Gasteiger partial charge in [0.05, 0.1) is 12.6 Å². The van der Waals surface area contributed by atoms with Crippen molar-refractivity contribution in [1.82, 2.24) is 5.43 Å². The van der Waals surface area contributed by atoms with Gasteiger partial charge in [-0.05, 0) is 18.7 Å².